The van der Waals surface area contributed by atoms with Crippen molar-refractivity contribution in [3.05, 3.63) is 47.0 Å². The van der Waals surface area contributed by atoms with Gasteiger partial charge in [0.05, 0.1) is 11.5 Å². The van der Waals surface area contributed by atoms with Gasteiger partial charge in [0.15, 0.2) is 0 Å². The molecule has 86 valence electrons. The van der Waals surface area contributed by atoms with Crippen molar-refractivity contribution in [3.8, 4) is 5.75 Å². The van der Waals surface area contributed by atoms with Crippen LogP contribution in [0.5, 0.6) is 5.75 Å². The minimum atomic E-state index is -0.423. The van der Waals surface area contributed by atoms with Gasteiger partial charge in [-0.2, -0.15) is 0 Å². The zero-order valence-electron chi connectivity index (χ0n) is 9.09. The summed E-state index contributed by atoms with van der Waals surface area (Å²) in [5.74, 6) is 0.671. The lowest BCUT2D eigenvalue weighted by Gasteiger charge is -2.04. The van der Waals surface area contributed by atoms with Crippen molar-refractivity contribution in [1.82, 2.24) is 0 Å². The Labute approximate surface area is 94.7 Å². The standard InChI is InChI=1S/C12H15NO3/c1-2-3-4-5-10-16-12-8-6-11(7-9-12)13(14)15/h2,6-9H,1,3-5,10H2. The summed E-state index contributed by atoms with van der Waals surface area (Å²) in [5.41, 5.74) is 0.0824. The van der Waals surface area contributed by atoms with Crippen LogP contribution in [0.4, 0.5) is 5.69 Å². The zero-order valence-corrected chi connectivity index (χ0v) is 9.09. The molecule has 0 heterocycles. The van der Waals surface area contributed by atoms with E-state index in [2.05, 4.69) is 6.58 Å². The molecule has 0 saturated heterocycles. The minimum Gasteiger partial charge on any atom is -0.494 e. The lowest BCUT2D eigenvalue weighted by molar-refractivity contribution is -0.384. The summed E-state index contributed by atoms with van der Waals surface area (Å²) in [7, 11) is 0. The Balaban J connectivity index is 2.32. The van der Waals surface area contributed by atoms with Gasteiger partial charge < -0.3 is 4.74 Å². The summed E-state index contributed by atoms with van der Waals surface area (Å²) in [6.07, 6.45) is 4.88. The van der Waals surface area contributed by atoms with E-state index in [1.165, 1.54) is 12.1 Å². The van der Waals surface area contributed by atoms with Crippen LogP contribution < -0.4 is 4.74 Å². The van der Waals surface area contributed by atoms with Crippen molar-refractivity contribution >= 4 is 5.69 Å². The van der Waals surface area contributed by atoms with Gasteiger partial charge in [-0.3, -0.25) is 10.1 Å². The average Bonchev–Trinajstić information content (AvgIpc) is 2.29. The molecular formula is C12H15NO3. The van der Waals surface area contributed by atoms with Crippen molar-refractivity contribution in [2.45, 2.75) is 19.3 Å². The van der Waals surface area contributed by atoms with Crippen LogP contribution >= 0.6 is 0 Å². The molecule has 4 heteroatoms. The molecule has 1 aromatic rings. The third kappa shape index (κ3) is 4.13. The second-order valence-electron chi connectivity index (χ2n) is 3.38. The Hall–Kier alpha value is -1.84. The summed E-state index contributed by atoms with van der Waals surface area (Å²) in [6, 6.07) is 6.12. The Morgan fingerprint density at radius 1 is 1.31 bits per heavy atom. The highest BCUT2D eigenvalue weighted by Crippen LogP contribution is 2.17. The molecule has 0 amide bonds. The summed E-state index contributed by atoms with van der Waals surface area (Å²) in [4.78, 5) is 9.98. The molecular weight excluding hydrogens is 206 g/mol. The first-order valence-electron chi connectivity index (χ1n) is 5.22. The maximum atomic E-state index is 10.4. The molecule has 0 aliphatic rings. The molecule has 0 atom stereocenters. The molecule has 16 heavy (non-hydrogen) atoms. The van der Waals surface area contributed by atoms with Crippen LogP contribution in [0.1, 0.15) is 19.3 Å². The number of allylic oxidation sites excluding steroid dienone is 1. The molecule has 0 aromatic heterocycles. The lowest BCUT2D eigenvalue weighted by Crippen LogP contribution is -1.97. The molecule has 0 N–H and O–H groups in total. The number of unbranched alkanes of at least 4 members (excludes halogenated alkanes) is 2. The summed E-state index contributed by atoms with van der Waals surface area (Å²) >= 11 is 0. The van der Waals surface area contributed by atoms with Crippen LogP contribution in [-0.2, 0) is 0 Å². The van der Waals surface area contributed by atoms with Crippen molar-refractivity contribution in [3.63, 3.8) is 0 Å². The topological polar surface area (TPSA) is 52.4 Å². The number of rotatable bonds is 7. The van der Waals surface area contributed by atoms with E-state index in [0.717, 1.165) is 19.3 Å². The fourth-order valence-electron chi connectivity index (χ4n) is 1.24. The van der Waals surface area contributed by atoms with E-state index < -0.39 is 4.92 Å². The van der Waals surface area contributed by atoms with E-state index >= 15 is 0 Å². The Kier molecular flexibility index (Phi) is 5.05. The Morgan fingerprint density at radius 2 is 2.00 bits per heavy atom. The molecule has 0 bridgehead atoms. The van der Waals surface area contributed by atoms with Crippen molar-refractivity contribution in [2.24, 2.45) is 0 Å². The van der Waals surface area contributed by atoms with Gasteiger partial charge in [0, 0.05) is 12.1 Å². The van der Waals surface area contributed by atoms with Crippen LogP contribution in [0, 0.1) is 10.1 Å². The highest BCUT2D eigenvalue weighted by Gasteiger charge is 2.03. The molecule has 0 aliphatic carbocycles. The molecule has 0 aliphatic heterocycles. The van der Waals surface area contributed by atoms with Gasteiger partial charge in [-0.15, -0.1) is 6.58 Å². The number of hydrogen-bond donors (Lipinski definition) is 0. The molecule has 0 saturated carbocycles. The summed E-state index contributed by atoms with van der Waals surface area (Å²) in [5, 5.41) is 10.4. The molecule has 0 fully saturated rings. The average molecular weight is 221 g/mol. The minimum absolute atomic E-state index is 0.0824. The number of benzene rings is 1. The maximum absolute atomic E-state index is 10.4. The van der Waals surface area contributed by atoms with E-state index in [4.69, 9.17) is 4.74 Å². The lowest BCUT2D eigenvalue weighted by atomic mass is 10.2. The van der Waals surface area contributed by atoms with E-state index in [1.54, 1.807) is 12.1 Å². The monoisotopic (exact) mass is 221 g/mol. The van der Waals surface area contributed by atoms with Gasteiger partial charge in [-0.1, -0.05) is 6.08 Å². The van der Waals surface area contributed by atoms with Crippen LogP contribution in [0.2, 0.25) is 0 Å². The van der Waals surface area contributed by atoms with Gasteiger partial charge in [-0.25, -0.2) is 0 Å². The highest BCUT2D eigenvalue weighted by atomic mass is 16.6. The van der Waals surface area contributed by atoms with Gasteiger partial charge in [0.1, 0.15) is 5.75 Å². The SMILES string of the molecule is C=CCCCCOc1ccc([N+](=O)[O-])cc1. The first kappa shape index (κ1) is 12.2. The maximum Gasteiger partial charge on any atom is 0.269 e. The van der Waals surface area contributed by atoms with Crippen molar-refractivity contribution < 1.29 is 9.66 Å². The van der Waals surface area contributed by atoms with Crippen molar-refractivity contribution in [2.75, 3.05) is 6.61 Å². The first-order chi connectivity index (χ1) is 7.74. The predicted molar refractivity (Wildman–Crippen MR) is 62.6 cm³/mol. The summed E-state index contributed by atoms with van der Waals surface area (Å²) in [6.45, 7) is 4.27. The third-order valence-electron chi connectivity index (χ3n) is 2.12. The molecule has 0 unspecified atom stereocenters. The van der Waals surface area contributed by atoms with Crippen molar-refractivity contribution in [1.29, 1.82) is 0 Å². The molecule has 0 spiro atoms. The fraction of sp³-hybridized carbons (Fsp3) is 0.333. The van der Waals surface area contributed by atoms with Gasteiger partial charge in [-0.05, 0) is 31.4 Å². The van der Waals surface area contributed by atoms with Crippen LogP contribution in [0.15, 0.2) is 36.9 Å². The second kappa shape index (κ2) is 6.61. The predicted octanol–water partition coefficient (Wildman–Crippen LogP) is 3.33. The number of nitro benzene ring substituents is 1. The van der Waals surface area contributed by atoms with E-state index in [0.29, 0.717) is 12.4 Å². The quantitative estimate of drug-likeness (QED) is 0.307. The van der Waals surface area contributed by atoms with Crippen LogP contribution in [0.25, 0.3) is 0 Å². The van der Waals surface area contributed by atoms with Crippen LogP contribution in [-0.4, -0.2) is 11.5 Å². The largest absolute Gasteiger partial charge is 0.494 e. The van der Waals surface area contributed by atoms with Gasteiger partial charge in [0.2, 0.25) is 0 Å². The van der Waals surface area contributed by atoms with Crippen LogP contribution in [0.3, 0.4) is 0 Å². The number of ether oxygens (including phenoxy) is 1. The third-order valence-corrected chi connectivity index (χ3v) is 2.12. The molecule has 4 nitrogen and oxygen atoms in total. The Bertz CT molecular complexity index is 346. The Morgan fingerprint density at radius 3 is 2.56 bits per heavy atom. The number of nitro groups is 1. The molecule has 1 rings (SSSR count). The van der Waals surface area contributed by atoms with E-state index in [1.807, 2.05) is 6.08 Å². The first-order valence-corrected chi connectivity index (χ1v) is 5.22. The van der Waals surface area contributed by atoms with E-state index in [9.17, 15) is 10.1 Å². The van der Waals surface area contributed by atoms with E-state index in [-0.39, 0.29) is 5.69 Å². The second-order valence-corrected chi connectivity index (χ2v) is 3.38. The van der Waals surface area contributed by atoms with Gasteiger partial charge in [0.25, 0.3) is 5.69 Å². The number of hydrogen-bond acceptors (Lipinski definition) is 3. The molecule has 1 aromatic carbocycles. The highest BCUT2D eigenvalue weighted by molar-refractivity contribution is 5.35. The molecule has 0 radical (unpaired) electrons. The van der Waals surface area contributed by atoms with Gasteiger partial charge >= 0.3 is 0 Å². The fourth-order valence-corrected chi connectivity index (χ4v) is 1.24. The normalized spacial score (nSPS) is 9.75. The smallest absolute Gasteiger partial charge is 0.269 e. The zero-order chi connectivity index (χ0) is 11.8. The number of nitrogens with zero attached hydrogens (tertiary/aromatic N) is 1. The number of non-ortho nitro benzene ring substituents is 1. The summed E-state index contributed by atoms with van der Waals surface area (Å²) < 4.78 is 5.43.